The average molecular weight is 286 g/mol. The Morgan fingerprint density at radius 1 is 1.15 bits per heavy atom. The van der Waals surface area contributed by atoms with Gasteiger partial charge in [0.05, 0.1) is 6.07 Å². The maximum Gasteiger partial charge on any atom is 0.228 e. The molecule has 0 amide bonds. The summed E-state index contributed by atoms with van der Waals surface area (Å²) in [4.78, 5) is 12.5. The highest BCUT2D eigenvalue weighted by atomic mass is 35.5. The lowest BCUT2D eigenvalue weighted by molar-refractivity contribution is 0.354. The van der Waals surface area contributed by atoms with Gasteiger partial charge in [0.25, 0.3) is 0 Å². The van der Waals surface area contributed by atoms with E-state index in [1.165, 1.54) is 0 Å². The van der Waals surface area contributed by atoms with Crippen LogP contribution in [0, 0.1) is 11.3 Å². The van der Waals surface area contributed by atoms with Crippen molar-refractivity contribution in [2.24, 2.45) is 0 Å². The highest BCUT2D eigenvalue weighted by molar-refractivity contribution is 6.28. The molecule has 0 saturated heterocycles. The molecule has 6 heteroatoms. The summed E-state index contributed by atoms with van der Waals surface area (Å²) in [5, 5.41) is 12.4. The van der Waals surface area contributed by atoms with Gasteiger partial charge in [0.15, 0.2) is 5.82 Å². The number of hydrogen-bond acceptors (Lipinski definition) is 5. The van der Waals surface area contributed by atoms with Crippen LogP contribution in [0.4, 0.5) is 5.95 Å². The molecule has 100 valence electrons. The molecule has 1 aromatic heterocycles. The van der Waals surface area contributed by atoms with Crippen molar-refractivity contribution in [3.8, 4) is 17.5 Å². The van der Waals surface area contributed by atoms with E-state index in [-0.39, 0.29) is 5.28 Å². The number of rotatable bonds is 3. The second-order valence-electron chi connectivity index (χ2n) is 4.79. The third-order valence-electron chi connectivity index (χ3n) is 3.41. The Bertz CT molecular complexity index is 661. The zero-order chi connectivity index (χ0) is 14.0. The van der Waals surface area contributed by atoms with Crippen LogP contribution in [0.15, 0.2) is 30.3 Å². The third-order valence-corrected chi connectivity index (χ3v) is 3.58. The molecule has 0 radical (unpaired) electrons. The molecule has 0 aliphatic heterocycles. The molecule has 0 spiro atoms. The predicted molar refractivity (Wildman–Crippen MR) is 76.1 cm³/mol. The number of halogens is 1. The quantitative estimate of drug-likeness (QED) is 0.938. The van der Waals surface area contributed by atoms with Crippen LogP contribution < -0.4 is 5.32 Å². The minimum Gasteiger partial charge on any atom is -0.336 e. The van der Waals surface area contributed by atoms with E-state index < -0.39 is 5.54 Å². The van der Waals surface area contributed by atoms with Gasteiger partial charge in [-0.3, -0.25) is 0 Å². The van der Waals surface area contributed by atoms with Crippen LogP contribution in [0.5, 0.6) is 0 Å². The van der Waals surface area contributed by atoms with Gasteiger partial charge in [0.1, 0.15) is 5.54 Å². The van der Waals surface area contributed by atoms with Crippen molar-refractivity contribution >= 4 is 17.5 Å². The monoisotopic (exact) mass is 285 g/mol. The summed E-state index contributed by atoms with van der Waals surface area (Å²) in [5.41, 5.74) is 0.304. The van der Waals surface area contributed by atoms with Crippen molar-refractivity contribution in [2.75, 3.05) is 5.32 Å². The van der Waals surface area contributed by atoms with Crippen molar-refractivity contribution in [3.63, 3.8) is 0 Å². The molecule has 1 aromatic carbocycles. The molecule has 1 N–H and O–H groups in total. The van der Waals surface area contributed by atoms with Crippen molar-refractivity contribution in [1.29, 1.82) is 5.26 Å². The van der Waals surface area contributed by atoms with Crippen molar-refractivity contribution in [1.82, 2.24) is 15.0 Å². The minimum absolute atomic E-state index is 0.119. The fraction of sp³-hybridized carbons (Fsp3) is 0.286. The van der Waals surface area contributed by atoms with Crippen LogP contribution in [0.2, 0.25) is 5.28 Å². The Hall–Kier alpha value is -2.19. The fourth-order valence-electron chi connectivity index (χ4n) is 2.13. The standard InChI is InChI=1S/C14H12ClN5/c15-12-17-11(10-5-2-1-3-6-10)18-13(19-12)20-14(9-16)7-4-8-14/h1-3,5-6H,4,7-8H2,(H,17,18,19,20). The van der Waals surface area contributed by atoms with Gasteiger partial charge in [-0.15, -0.1) is 0 Å². The molecule has 1 aliphatic rings. The largest absolute Gasteiger partial charge is 0.336 e. The molecule has 1 fully saturated rings. The van der Waals surface area contributed by atoms with E-state index in [0.717, 1.165) is 24.8 Å². The number of benzene rings is 1. The highest BCUT2D eigenvalue weighted by Crippen LogP contribution is 2.34. The first-order chi connectivity index (χ1) is 9.71. The third kappa shape index (κ3) is 2.43. The van der Waals surface area contributed by atoms with E-state index in [1.807, 2.05) is 30.3 Å². The van der Waals surface area contributed by atoms with E-state index in [1.54, 1.807) is 0 Å². The molecule has 20 heavy (non-hydrogen) atoms. The topological polar surface area (TPSA) is 74.5 Å². The average Bonchev–Trinajstić information content (AvgIpc) is 2.43. The highest BCUT2D eigenvalue weighted by Gasteiger charge is 2.38. The van der Waals surface area contributed by atoms with Crippen LogP contribution in [-0.2, 0) is 0 Å². The normalized spacial score (nSPS) is 16.0. The smallest absolute Gasteiger partial charge is 0.228 e. The van der Waals surface area contributed by atoms with E-state index in [0.29, 0.717) is 11.8 Å². The maximum atomic E-state index is 9.24. The molecule has 1 heterocycles. The molecular weight excluding hydrogens is 274 g/mol. The Balaban J connectivity index is 1.93. The Morgan fingerprint density at radius 2 is 1.90 bits per heavy atom. The summed E-state index contributed by atoms with van der Waals surface area (Å²) in [6, 6.07) is 11.8. The SMILES string of the molecule is N#CC1(Nc2nc(Cl)nc(-c3ccccc3)n2)CCC1. The molecule has 5 nitrogen and oxygen atoms in total. The van der Waals surface area contributed by atoms with Gasteiger partial charge in [-0.2, -0.15) is 20.2 Å². The van der Waals surface area contributed by atoms with E-state index >= 15 is 0 Å². The van der Waals surface area contributed by atoms with Gasteiger partial charge in [0.2, 0.25) is 11.2 Å². The van der Waals surface area contributed by atoms with Crippen molar-refractivity contribution in [3.05, 3.63) is 35.6 Å². The van der Waals surface area contributed by atoms with Crippen molar-refractivity contribution < 1.29 is 0 Å². The molecule has 3 rings (SSSR count). The predicted octanol–water partition coefficient (Wildman–Crippen LogP) is 3.05. The lowest BCUT2D eigenvalue weighted by atomic mass is 9.78. The molecule has 1 aliphatic carbocycles. The Kier molecular flexibility index (Phi) is 3.25. The summed E-state index contributed by atoms with van der Waals surface area (Å²) in [7, 11) is 0. The summed E-state index contributed by atoms with van der Waals surface area (Å²) in [6.07, 6.45) is 2.63. The first-order valence-electron chi connectivity index (χ1n) is 6.37. The zero-order valence-electron chi connectivity index (χ0n) is 10.7. The first-order valence-corrected chi connectivity index (χ1v) is 6.75. The number of nitrogens with zero attached hydrogens (tertiary/aromatic N) is 4. The van der Waals surface area contributed by atoms with Gasteiger partial charge >= 0.3 is 0 Å². The fourth-order valence-corrected chi connectivity index (χ4v) is 2.29. The maximum absolute atomic E-state index is 9.24. The van der Waals surface area contributed by atoms with Crippen LogP contribution in [0.1, 0.15) is 19.3 Å². The Labute approximate surface area is 121 Å². The molecule has 0 atom stereocenters. The summed E-state index contributed by atoms with van der Waals surface area (Å²) in [6.45, 7) is 0. The molecule has 0 unspecified atom stereocenters. The van der Waals surface area contributed by atoms with Crippen LogP contribution in [0.3, 0.4) is 0 Å². The zero-order valence-corrected chi connectivity index (χ0v) is 11.4. The first kappa shape index (κ1) is 12.8. The van der Waals surface area contributed by atoms with Gasteiger partial charge in [-0.1, -0.05) is 30.3 Å². The van der Waals surface area contributed by atoms with Crippen molar-refractivity contribution in [2.45, 2.75) is 24.8 Å². The lowest BCUT2D eigenvalue weighted by Gasteiger charge is -2.35. The number of anilines is 1. The van der Waals surface area contributed by atoms with Crippen LogP contribution in [0.25, 0.3) is 11.4 Å². The number of hydrogen-bond donors (Lipinski definition) is 1. The van der Waals surface area contributed by atoms with Crippen LogP contribution in [-0.4, -0.2) is 20.5 Å². The minimum atomic E-state index is -0.557. The molecule has 2 aromatic rings. The van der Waals surface area contributed by atoms with E-state index in [4.69, 9.17) is 11.6 Å². The Morgan fingerprint density at radius 3 is 2.50 bits per heavy atom. The number of nitriles is 1. The second kappa shape index (κ2) is 5.06. The van der Waals surface area contributed by atoms with Gasteiger partial charge in [-0.25, -0.2) is 0 Å². The van der Waals surface area contributed by atoms with Gasteiger partial charge in [0, 0.05) is 5.56 Å². The second-order valence-corrected chi connectivity index (χ2v) is 5.13. The summed E-state index contributed by atoms with van der Waals surface area (Å²) >= 11 is 5.95. The lowest BCUT2D eigenvalue weighted by Crippen LogP contribution is -2.44. The molecule has 1 saturated carbocycles. The molecule has 0 bridgehead atoms. The summed E-state index contributed by atoms with van der Waals surface area (Å²) in [5.74, 6) is 0.852. The summed E-state index contributed by atoms with van der Waals surface area (Å²) < 4.78 is 0. The molecular formula is C14H12ClN5. The van der Waals surface area contributed by atoms with E-state index in [2.05, 4.69) is 26.3 Å². The van der Waals surface area contributed by atoms with Gasteiger partial charge < -0.3 is 5.32 Å². The van der Waals surface area contributed by atoms with Crippen LogP contribution >= 0.6 is 11.6 Å². The number of aromatic nitrogens is 3. The number of nitrogens with one attached hydrogen (secondary N) is 1. The van der Waals surface area contributed by atoms with Gasteiger partial charge in [-0.05, 0) is 30.9 Å². The van der Waals surface area contributed by atoms with E-state index in [9.17, 15) is 5.26 Å².